The summed E-state index contributed by atoms with van der Waals surface area (Å²) in [4.78, 5) is 34.3. The topological polar surface area (TPSA) is 87.3 Å². The van der Waals surface area contributed by atoms with Gasteiger partial charge >= 0.3 is 0 Å². The van der Waals surface area contributed by atoms with Crippen molar-refractivity contribution in [2.45, 2.75) is 52.0 Å². The number of morpholine rings is 1. The number of aryl methyl sites for hydroxylation is 1. The van der Waals surface area contributed by atoms with Crippen molar-refractivity contribution in [1.29, 1.82) is 0 Å². The number of fused-ring (bicyclic) bond motifs is 1. The van der Waals surface area contributed by atoms with Gasteiger partial charge < -0.3 is 15.0 Å². The van der Waals surface area contributed by atoms with Crippen LogP contribution in [0.25, 0.3) is 10.9 Å². The molecule has 2 unspecified atom stereocenters. The normalized spacial score (nSPS) is 19.2. The van der Waals surface area contributed by atoms with E-state index in [4.69, 9.17) is 4.74 Å². The number of amides is 1. The molecular formula is C25H30N4O3. The zero-order valence-corrected chi connectivity index (χ0v) is 18.6. The summed E-state index contributed by atoms with van der Waals surface area (Å²) in [6, 6.07) is 15.4. The first-order valence-corrected chi connectivity index (χ1v) is 11.2. The molecule has 1 amide bonds. The molecular weight excluding hydrogens is 404 g/mol. The van der Waals surface area contributed by atoms with Gasteiger partial charge in [-0.2, -0.15) is 0 Å². The number of H-pyrrole nitrogens is 1. The third kappa shape index (κ3) is 5.60. The highest BCUT2D eigenvalue weighted by molar-refractivity contribution is 5.78. The Kier molecular flexibility index (Phi) is 6.97. The van der Waals surface area contributed by atoms with Crippen molar-refractivity contribution in [3.8, 4) is 0 Å². The molecule has 1 aromatic heterocycles. The number of hydrogen-bond donors (Lipinski definition) is 2. The summed E-state index contributed by atoms with van der Waals surface area (Å²) >= 11 is 0. The average Bonchev–Trinajstić information content (AvgIpc) is 2.76. The van der Waals surface area contributed by atoms with Gasteiger partial charge in [0.25, 0.3) is 5.56 Å². The molecule has 2 atom stereocenters. The second-order valence-electron chi connectivity index (χ2n) is 8.53. The molecule has 0 radical (unpaired) electrons. The standard InChI is InChI=1S/C25H30N4O3/c1-17-14-29(15-18(2)32-17)16-20-8-4-3-7-19(20)13-26-24(30)12-11-23-27-22-10-6-5-9-21(22)25(31)28-23/h3-10,17-18H,11-16H2,1-2H3,(H,26,30)(H,27,28,31). The minimum Gasteiger partial charge on any atom is -0.373 e. The summed E-state index contributed by atoms with van der Waals surface area (Å²) in [5.41, 5.74) is 2.80. The van der Waals surface area contributed by atoms with E-state index in [0.29, 0.717) is 29.7 Å². The molecule has 4 rings (SSSR count). The Hall–Kier alpha value is -3.03. The summed E-state index contributed by atoms with van der Waals surface area (Å²) in [6.45, 7) is 7.33. The lowest BCUT2D eigenvalue weighted by atomic mass is 10.1. The smallest absolute Gasteiger partial charge is 0.258 e. The van der Waals surface area contributed by atoms with Crippen LogP contribution in [-0.4, -0.2) is 46.1 Å². The van der Waals surface area contributed by atoms with Gasteiger partial charge in [0.05, 0.1) is 23.1 Å². The number of aromatic amines is 1. The van der Waals surface area contributed by atoms with Gasteiger partial charge in [-0.1, -0.05) is 36.4 Å². The van der Waals surface area contributed by atoms with Crippen molar-refractivity contribution in [3.05, 3.63) is 75.8 Å². The third-order valence-electron chi connectivity index (χ3n) is 5.73. The van der Waals surface area contributed by atoms with Gasteiger partial charge in [-0.25, -0.2) is 4.98 Å². The molecule has 32 heavy (non-hydrogen) atoms. The molecule has 1 saturated heterocycles. The number of benzene rings is 2. The van der Waals surface area contributed by atoms with Crippen molar-refractivity contribution >= 4 is 16.8 Å². The molecule has 0 aliphatic carbocycles. The van der Waals surface area contributed by atoms with Gasteiger partial charge in [0.1, 0.15) is 5.82 Å². The van der Waals surface area contributed by atoms with Gasteiger partial charge in [0, 0.05) is 39.0 Å². The molecule has 1 fully saturated rings. The van der Waals surface area contributed by atoms with Crippen molar-refractivity contribution in [1.82, 2.24) is 20.2 Å². The van der Waals surface area contributed by atoms with Gasteiger partial charge in [-0.05, 0) is 37.1 Å². The van der Waals surface area contributed by atoms with Crippen LogP contribution in [0.4, 0.5) is 0 Å². The molecule has 3 aromatic rings. The summed E-state index contributed by atoms with van der Waals surface area (Å²) < 4.78 is 5.83. The van der Waals surface area contributed by atoms with E-state index < -0.39 is 0 Å². The highest BCUT2D eigenvalue weighted by atomic mass is 16.5. The molecule has 1 aliphatic rings. The predicted octanol–water partition coefficient (Wildman–Crippen LogP) is 2.78. The van der Waals surface area contributed by atoms with Crippen molar-refractivity contribution in [2.75, 3.05) is 13.1 Å². The van der Waals surface area contributed by atoms with Crippen LogP contribution in [0.5, 0.6) is 0 Å². The average molecular weight is 435 g/mol. The number of aromatic nitrogens is 2. The maximum absolute atomic E-state index is 12.5. The maximum atomic E-state index is 12.5. The number of ether oxygens (including phenoxy) is 1. The first-order valence-electron chi connectivity index (χ1n) is 11.2. The van der Waals surface area contributed by atoms with Gasteiger partial charge in [0.2, 0.25) is 5.91 Å². The van der Waals surface area contributed by atoms with E-state index >= 15 is 0 Å². The van der Waals surface area contributed by atoms with E-state index in [1.165, 1.54) is 5.56 Å². The lowest BCUT2D eigenvalue weighted by Gasteiger charge is -2.35. The summed E-state index contributed by atoms with van der Waals surface area (Å²) in [5.74, 6) is 0.462. The molecule has 7 heteroatoms. The Morgan fingerprint density at radius 2 is 1.78 bits per heavy atom. The molecule has 0 spiro atoms. The maximum Gasteiger partial charge on any atom is 0.258 e. The van der Waals surface area contributed by atoms with E-state index in [9.17, 15) is 9.59 Å². The third-order valence-corrected chi connectivity index (χ3v) is 5.73. The molecule has 168 valence electrons. The fourth-order valence-electron chi connectivity index (χ4n) is 4.31. The van der Waals surface area contributed by atoms with Crippen molar-refractivity contribution < 1.29 is 9.53 Å². The molecule has 2 N–H and O–H groups in total. The van der Waals surface area contributed by atoms with E-state index in [-0.39, 0.29) is 30.1 Å². The minimum atomic E-state index is -0.174. The fourth-order valence-corrected chi connectivity index (χ4v) is 4.31. The van der Waals surface area contributed by atoms with Crippen molar-refractivity contribution in [3.63, 3.8) is 0 Å². The van der Waals surface area contributed by atoms with Crippen LogP contribution in [-0.2, 0) is 29.0 Å². The molecule has 2 aromatic carbocycles. The second kappa shape index (κ2) is 10.1. The number of nitrogens with zero attached hydrogens (tertiary/aromatic N) is 2. The Balaban J connectivity index is 1.33. The van der Waals surface area contributed by atoms with E-state index in [2.05, 4.69) is 46.2 Å². The molecule has 2 heterocycles. The Bertz CT molecular complexity index is 1130. The zero-order chi connectivity index (χ0) is 22.5. The van der Waals surface area contributed by atoms with Crippen LogP contribution < -0.4 is 10.9 Å². The monoisotopic (exact) mass is 434 g/mol. The highest BCUT2D eigenvalue weighted by Crippen LogP contribution is 2.17. The first kappa shape index (κ1) is 22.2. The lowest BCUT2D eigenvalue weighted by Crippen LogP contribution is -2.45. The van der Waals surface area contributed by atoms with Gasteiger partial charge in [0.15, 0.2) is 0 Å². The number of hydrogen-bond acceptors (Lipinski definition) is 5. The van der Waals surface area contributed by atoms with Crippen LogP contribution in [0, 0.1) is 0 Å². The van der Waals surface area contributed by atoms with Crippen LogP contribution >= 0.6 is 0 Å². The molecule has 0 saturated carbocycles. The quantitative estimate of drug-likeness (QED) is 0.597. The van der Waals surface area contributed by atoms with Crippen LogP contribution in [0.2, 0.25) is 0 Å². The van der Waals surface area contributed by atoms with Crippen LogP contribution in [0.1, 0.15) is 37.2 Å². The largest absolute Gasteiger partial charge is 0.373 e. The Morgan fingerprint density at radius 1 is 1.09 bits per heavy atom. The number of rotatable bonds is 7. The Morgan fingerprint density at radius 3 is 2.56 bits per heavy atom. The van der Waals surface area contributed by atoms with Crippen LogP contribution in [0.15, 0.2) is 53.3 Å². The first-order chi connectivity index (χ1) is 15.5. The summed E-state index contributed by atoms with van der Waals surface area (Å²) in [5, 5.41) is 3.57. The highest BCUT2D eigenvalue weighted by Gasteiger charge is 2.22. The number of para-hydroxylation sites is 1. The summed E-state index contributed by atoms with van der Waals surface area (Å²) in [7, 11) is 0. The number of carbonyl (C=O) groups is 1. The number of nitrogens with one attached hydrogen (secondary N) is 2. The van der Waals surface area contributed by atoms with E-state index in [1.54, 1.807) is 12.1 Å². The molecule has 7 nitrogen and oxygen atoms in total. The van der Waals surface area contributed by atoms with Gasteiger partial charge in [-0.3, -0.25) is 14.5 Å². The fraction of sp³-hybridized carbons (Fsp3) is 0.400. The second-order valence-corrected chi connectivity index (χ2v) is 8.53. The zero-order valence-electron chi connectivity index (χ0n) is 18.6. The van der Waals surface area contributed by atoms with Gasteiger partial charge in [-0.15, -0.1) is 0 Å². The molecule has 0 bridgehead atoms. The molecule has 1 aliphatic heterocycles. The number of carbonyl (C=O) groups excluding carboxylic acids is 1. The van der Waals surface area contributed by atoms with E-state index in [1.807, 2.05) is 24.3 Å². The summed E-state index contributed by atoms with van der Waals surface area (Å²) in [6.07, 6.45) is 1.10. The Labute approximate surface area is 187 Å². The lowest BCUT2D eigenvalue weighted by molar-refractivity contribution is -0.121. The predicted molar refractivity (Wildman–Crippen MR) is 124 cm³/mol. The van der Waals surface area contributed by atoms with Crippen molar-refractivity contribution in [2.24, 2.45) is 0 Å². The SMILES string of the molecule is CC1CN(Cc2ccccc2CNC(=O)CCc2nc3ccccc3c(=O)[nH]2)CC(C)O1. The van der Waals surface area contributed by atoms with Crippen LogP contribution in [0.3, 0.4) is 0 Å². The van der Waals surface area contributed by atoms with E-state index in [0.717, 1.165) is 25.2 Å². The minimum absolute atomic E-state index is 0.0655.